The summed E-state index contributed by atoms with van der Waals surface area (Å²) in [6.45, 7) is 0.479. The van der Waals surface area contributed by atoms with Crippen LogP contribution in [-0.2, 0) is 14.8 Å². The molecule has 0 radical (unpaired) electrons. The van der Waals surface area contributed by atoms with Crippen molar-refractivity contribution in [3.05, 3.63) is 46.4 Å². The Morgan fingerprint density at radius 2 is 2.03 bits per heavy atom. The van der Waals surface area contributed by atoms with Gasteiger partial charge < -0.3 is 0 Å². The van der Waals surface area contributed by atoms with Crippen LogP contribution in [0.3, 0.4) is 0 Å². The third kappa shape index (κ3) is 3.23. The smallest absolute Gasteiger partial charge is 0.287 e. The zero-order valence-electron chi connectivity index (χ0n) is 16.0. The number of carbonyl (C=O) groups is 2. The number of rotatable bonds is 3. The van der Waals surface area contributed by atoms with Gasteiger partial charge in [0.1, 0.15) is 11.8 Å². The molecule has 0 bridgehead atoms. The van der Waals surface area contributed by atoms with Crippen molar-refractivity contribution in [3.8, 4) is 0 Å². The topological polar surface area (TPSA) is 114 Å². The van der Waals surface area contributed by atoms with Gasteiger partial charge in [-0.3, -0.25) is 23.8 Å². The van der Waals surface area contributed by atoms with E-state index in [1.54, 1.807) is 24.5 Å². The van der Waals surface area contributed by atoms with Crippen LogP contribution in [0.5, 0.6) is 0 Å². The highest BCUT2D eigenvalue weighted by atomic mass is 32.2. The second kappa shape index (κ2) is 6.81. The SMILES string of the molecule is CS(=O)(=O)N1CCC2=C1C=C(n1cnc3ccc(C=C4SC(=O)NC4=O)nc31)CC2. The molecule has 1 saturated heterocycles. The van der Waals surface area contributed by atoms with E-state index in [4.69, 9.17) is 0 Å². The highest BCUT2D eigenvalue weighted by Gasteiger charge is 2.30. The zero-order chi connectivity index (χ0) is 21.0. The normalized spacial score (nSPS) is 20.9. The van der Waals surface area contributed by atoms with Gasteiger partial charge in [0.25, 0.3) is 11.1 Å². The molecule has 2 amide bonds. The molecule has 3 aliphatic rings. The fourth-order valence-electron chi connectivity index (χ4n) is 3.89. The van der Waals surface area contributed by atoms with E-state index >= 15 is 0 Å². The fourth-order valence-corrected chi connectivity index (χ4v) is 5.52. The van der Waals surface area contributed by atoms with Gasteiger partial charge in [-0.1, -0.05) is 0 Å². The molecule has 0 spiro atoms. The lowest BCUT2D eigenvalue weighted by molar-refractivity contribution is -0.115. The van der Waals surface area contributed by atoms with Crippen molar-refractivity contribution in [1.82, 2.24) is 24.2 Å². The Hall–Kier alpha value is -2.92. The molecule has 4 heterocycles. The molecule has 0 aromatic carbocycles. The van der Waals surface area contributed by atoms with Crippen LogP contribution in [0.4, 0.5) is 4.79 Å². The molecule has 0 saturated carbocycles. The number of imidazole rings is 1. The van der Waals surface area contributed by atoms with Gasteiger partial charge >= 0.3 is 0 Å². The van der Waals surface area contributed by atoms with Crippen LogP contribution in [0.25, 0.3) is 22.9 Å². The second-order valence-corrected chi connectivity index (χ2v) is 10.2. The summed E-state index contributed by atoms with van der Waals surface area (Å²) < 4.78 is 27.5. The first-order valence-corrected chi connectivity index (χ1v) is 12.0. The highest BCUT2D eigenvalue weighted by Crippen LogP contribution is 2.37. The largest absolute Gasteiger partial charge is 0.290 e. The molecule has 9 nitrogen and oxygen atoms in total. The number of thioether (sulfide) groups is 1. The maximum atomic E-state index is 12.1. The molecule has 1 N–H and O–H groups in total. The van der Waals surface area contributed by atoms with E-state index in [2.05, 4.69) is 15.3 Å². The summed E-state index contributed by atoms with van der Waals surface area (Å²) in [5, 5.41) is 1.82. The van der Waals surface area contributed by atoms with Crippen molar-refractivity contribution < 1.29 is 18.0 Å². The lowest BCUT2D eigenvalue weighted by Gasteiger charge is -2.22. The van der Waals surface area contributed by atoms with Gasteiger partial charge in [-0.2, -0.15) is 0 Å². The van der Waals surface area contributed by atoms with E-state index in [9.17, 15) is 18.0 Å². The van der Waals surface area contributed by atoms with Gasteiger partial charge in [0.2, 0.25) is 10.0 Å². The first kappa shape index (κ1) is 19.1. The van der Waals surface area contributed by atoms with Crippen LogP contribution in [0, 0.1) is 0 Å². The van der Waals surface area contributed by atoms with Crippen molar-refractivity contribution >= 4 is 55.9 Å². The first-order chi connectivity index (χ1) is 14.3. The summed E-state index contributed by atoms with van der Waals surface area (Å²) in [5.41, 5.74) is 4.64. The molecule has 2 aromatic heterocycles. The van der Waals surface area contributed by atoms with E-state index in [1.807, 2.05) is 10.6 Å². The average molecular weight is 444 g/mol. The van der Waals surface area contributed by atoms with Crippen molar-refractivity contribution in [2.75, 3.05) is 12.8 Å². The number of sulfonamides is 1. The van der Waals surface area contributed by atoms with Gasteiger partial charge in [-0.05, 0) is 60.9 Å². The molecule has 1 aliphatic carbocycles. The molecule has 0 atom stereocenters. The number of hydrogen-bond acceptors (Lipinski definition) is 7. The van der Waals surface area contributed by atoms with Gasteiger partial charge in [0, 0.05) is 12.2 Å². The molecule has 0 unspecified atom stereocenters. The Morgan fingerprint density at radius 3 is 2.77 bits per heavy atom. The molecule has 1 fully saturated rings. The van der Waals surface area contributed by atoms with Crippen LogP contribution in [-0.4, -0.2) is 51.2 Å². The third-order valence-electron chi connectivity index (χ3n) is 5.28. The second-order valence-electron chi connectivity index (χ2n) is 7.26. The summed E-state index contributed by atoms with van der Waals surface area (Å²) in [6, 6.07) is 3.54. The predicted molar refractivity (Wildman–Crippen MR) is 113 cm³/mol. The Morgan fingerprint density at radius 1 is 1.20 bits per heavy atom. The number of allylic oxidation sites excluding steroid dienone is 2. The molecule has 11 heteroatoms. The van der Waals surface area contributed by atoms with E-state index in [-0.39, 0.29) is 0 Å². The van der Waals surface area contributed by atoms with E-state index in [1.165, 1.54) is 10.6 Å². The molecule has 5 rings (SSSR count). The predicted octanol–water partition coefficient (Wildman–Crippen LogP) is 2.31. The molecular weight excluding hydrogens is 426 g/mol. The summed E-state index contributed by atoms with van der Waals surface area (Å²) >= 11 is 0.840. The fraction of sp³-hybridized carbons (Fsp3) is 0.263. The number of nitrogens with zero attached hydrogens (tertiary/aromatic N) is 4. The van der Waals surface area contributed by atoms with Crippen molar-refractivity contribution in [1.29, 1.82) is 0 Å². The number of imide groups is 1. The maximum absolute atomic E-state index is 12.1. The standard InChI is InChI=1S/C19H17N5O4S2/c1-30(27,28)24-7-6-11-2-4-13(9-15(11)24)23-10-20-14-5-3-12(21-17(14)23)8-16-18(25)22-19(26)29-16/h3,5,8-10H,2,4,6-7H2,1H3,(H,22,25,26). The number of amides is 2. The number of pyridine rings is 1. The Labute approximate surface area is 176 Å². The number of hydrogen-bond donors (Lipinski definition) is 1. The molecule has 2 aliphatic heterocycles. The van der Waals surface area contributed by atoms with Crippen LogP contribution in [0.15, 0.2) is 40.7 Å². The minimum atomic E-state index is -3.32. The summed E-state index contributed by atoms with van der Waals surface area (Å²) in [7, 11) is -3.32. The van der Waals surface area contributed by atoms with Crippen molar-refractivity contribution in [2.45, 2.75) is 19.3 Å². The molecule has 2 aromatic rings. The highest BCUT2D eigenvalue weighted by molar-refractivity contribution is 8.18. The van der Waals surface area contributed by atoms with E-state index in [0.29, 0.717) is 28.3 Å². The molecular formula is C19H17N5O4S2. The Kier molecular flexibility index (Phi) is 4.33. The number of nitrogens with one attached hydrogen (secondary N) is 1. The van der Waals surface area contributed by atoms with Crippen LogP contribution in [0.2, 0.25) is 0 Å². The average Bonchev–Trinajstić information content (AvgIpc) is 3.37. The number of carbonyl (C=O) groups excluding carboxylic acids is 2. The van der Waals surface area contributed by atoms with Gasteiger partial charge in [0.05, 0.1) is 22.6 Å². The van der Waals surface area contributed by atoms with Crippen LogP contribution in [0.1, 0.15) is 25.0 Å². The van der Waals surface area contributed by atoms with E-state index < -0.39 is 21.2 Å². The minimum Gasteiger partial charge on any atom is -0.287 e. The molecule has 154 valence electrons. The maximum Gasteiger partial charge on any atom is 0.290 e. The van der Waals surface area contributed by atoms with Crippen LogP contribution >= 0.6 is 11.8 Å². The number of aromatic nitrogens is 3. The lowest BCUT2D eigenvalue weighted by Crippen LogP contribution is -2.26. The Bertz CT molecular complexity index is 1320. The quantitative estimate of drug-likeness (QED) is 0.724. The van der Waals surface area contributed by atoms with Crippen molar-refractivity contribution in [2.24, 2.45) is 0 Å². The van der Waals surface area contributed by atoms with Gasteiger partial charge in [0.15, 0.2) is 5.65 Å². The Balaban J connectivity index is 1.55. The lowest BCUT2D eigenvalue weighted by atomic mass is 10.00. The minimum absolute atomic E-state index is 0.291. The third-order valence-corrected chi connectivity index (χ3v) is 7.27. The van der Waals surface area contributed by atoms with Crippen LogP contribution < -0.4 is 5.32 Å². The summed E-state index contributed by atoms with van der Waals surface area (Å²) in [5.74, 6) is -0.433. The van der Waals surface area contributed by atoms with E-state index in [0.717, 1.165) is 48.0 Å². The van der Waals surface area contributed by atoms with Crippen molar-refractivity contribution in [3.63, 3.8) is 0 Å². The number of fused-ring (bicyclic) bond motifs is 1. The van der Waals surface area contributed by atoms with Gasteiger partial charge in [-0.15, -0.1) is 0 Å². The van der Waals surface area contributed by atoms with Gasteiger partial charge in [-0.25, -0.2) is 18.4 Å². The monoisotopic (exact) mass is 443 g/mol. The summed E-state index contributed by atoms with van der Waals surface area (Å²) in [6.07, 6.45) is 8.66. The summed E-state index contributed by atoms with van der Waals surface area (Å²) in [4.78, 5) is 32.5. The molecule has 30 heavy (non-hydrogen) atoms. The first-order valence-electron chi connectivity index (χ1n) is 9.29. The zero-order valence-corrected chi connectivity index (χ0v) is 17.6.